The highest BCUT2D eigenvalue weighted by Crippen LogP contribution is 2.30. The number of benzene rings is 1. The molecule has 0 spiro atoms. The van der Waals surface area contributed by atoms with Gasteiger partial charge in [-0.05, 0) is 26.0 Å². The highest BCUT2D eigenvalue weighted by atomic mass is 35.5. The van der Waals surface area contributed by atoms with Gasteiger partial charge in [0, 0.05) is 5.56 Å². The molecule has 0 saturated carbocycles. The normalized spacial score (nSPS) is 12.2. The summed E-state index contributed by atoms with van der Waals surface area (Å²) in [5, 5.41) is 3.94. The first-order chi connectivity index (χ1) is 8.61. The maximum absolute atomic E-state index is 11.9. The molecule has 0 aromatic heterocycles. The molecule has 0 fully saturated rings. The van der Waals surface area contributed by atoms with Gasteiger partial charge < -0.3 is 10.1 Å². The fourth-order valence-corrected chi connectivity index (χ4v) is 1.99. The minimum atomic E-state index is -0.573. The molecule has 100 valence electrons. The second-order valence-electron chi connectivity index (χ2n) is 3.78. The zero-order chi connectivity index (χ0) is 13.5. The number of nitrogens with one attached hydrogen (secondary N) is 1. The predicted octanol–water partition coefficient (Wildman–Crippen LogP) is 3.60. The molecular formula is C13H17Cl2NO2. The van der Waals surface area contributed by atoms with Crippen LogP contribution in [0.15, 0.2) is 18.2 Å². The first kappa shape index (κ1) is 15.3. The molecule has 3 nitrogen and oxygen atoms in total. The number of carbonyl (C=O) groups excluding carboxylic acids is 1. The van der Waals surface area contributed by atoms with E-state index in [1.807, 2.05) is 6.92 Å². The molecule has 0 aliphatic carbocycles. The van der Waals surface area contributed by atoms with Gasteiger partial charge in [-0.25, -0.2) is 4.79 Å². The minimum Gasteiger partial charge on any atom is -0.465 e. The maximum atomic E-state index is 11.9. The molecule has 0 aliphatic heterocycles. The van der Waals surface area contributed by atoms with E-state index in [0.717, 1.165) is 6.42 Å². The van der Waals surface area contributed by atoms with Gasteiger partial charge in [-0.15, -0.1) is 0 Å². The van der Waals surface area contributed by atoms with Gasteiger partial charge in [0.05, 0.1) is 16.7 Å². The average molecular weight is 290 g/mol. The number of esters is 1. The number of hydrogen-bond donors (Lipinski definition) is 1. The molecule has 0 amide bonds. The van der Waals surface area contributed by atoms with Crippen molar-refractivity contribution in [3.8, 4) is 0 Å². The Bertz CT molecular complexity index is 410. The lowest BCUT2D eigenvalue weighted by Crippen LogP contribution is -2.31. The number of rotatable bonds is 6. The van der Waals surface area contributed by atoms with E-state index >= 15 is 0 Å². The number of ether oxygens (including phenoxy) is 1. The third-order valence-electron chi connectivity index (χ3n) is 2.41. The summed E-state index contributed by atoms with van der Waals surface area (Å²) in [6, 6.07) is 4.66. The molecule has 0 saturated heterocycles. The van der Waals surface area contributed by atoms with Gasteiger partial charge in [0.2, 0.25) is 0 Å². The van der Waals surface area contributed by atoms with Gasteiger partial charge in [0.15, 0.2) is 0 Å². The Morgan fingerprint density at radius 3 is 2.72 bits per heavy atom. The Morgan fingerprint density at radius 2 is 2.11 bits per heavy atom. The van der Waals surface area contributed by atoms with Crippen molar-refractivity contribution in [2.45, 2.75) is 26.3 Å². The summed E-state index contributed by atoms with van der Waals surface area (Å²) in [4.78, 5) is 11.9. The van der Waals surface area contributed by atoms with E-state index in [0.29, 0.717) is 28.8 Å². The van der Waals surface area contributed by atoms with Crippen molar-refractivity contribution in [2.24, 2.45) is 0 Å². The van der Waals surface area contributed by atoms with Crippen LogP contribution < -0.4 is 5.32 Å². The fraction of sp³-hybridized carbons (Fsp3) is 0.462. The fourth-order valence-electron chi connectivity index (χ4n) is 1.58. The SMILES string of the molecule is CCCNC(C(=O)OCC)c1cccc(Cl)c1Cl. The Morgan fingerprint density at radius 1 is 1.39 bits per heavy atom. The van der Waals surface area contributed by atoms with Gasteiger partial charge in [0.1, 0.15) is 6.04 Å². The summed E-state index contributed by atoms with van der Waals surface area (Å²) in [7, 11) is 0. The van der Waals surface area contributed by atoms with E-state index in [1.54, 1.807) is 25.1 Å². The van der Waals surface area contributed by atoms with Crippen LogP contribution in [0, 0.1) is 0 Å². The predicted molar refractivity (Wildman–Crippen MR) is 74.1 cm³/mol. The van der Waals surface area contributed by atoms with E-state index in [1.165, 1.54) is 0 Å². The Hall–Kier alpha value is -0.770. The molecule has 1 atom stereocenters. The Balaban J connectivity index is 3.01. The smallest absolute Gasteiger partial charge is 0.327 e. The first-order valence-corrected chi connectivity index (χ1v) is 6.71. The lowest BCUT2D eigenvalue weighted by Gasteiger charge is -2.18. The van der Waals surface area contributed by atoms with E-state index in [4.69, 9.17) is 27.9 Å². The van der Waals surface area contributed by atoms with Crippen molar-refractivity contribution in [3.63, 3.8) is 0 Å². The zero-order valence-electron chi connectivity index (χ0n) is 10.5. The van der Waals surface area contributed by atoms with Crippen LogP contribution in [0.2, 0.25) is 10.0 Å². The summed E-state index contributed by atoms with van der Waals surface area (Å²) < 4.78 is 5.05. The lowest BCUT2D eigenvalue weighted by atomic mass is 10.1. The molecule has 1 N–H and O–H groups in total. The highest BCUT2D eigenvalue weighted by molar-refractivity contribution is 6.42. The summed E-state index contributed by atoms with van der Waals surface area (Å²) >= 11 is 12.1. The molecule has 0 heterocycles. The molecular weight excluding hydrogens is 273 g/mol. The summed E-state index contributed by atoms with van der Waals surface area (Å²) in [6.45, 7) is 4.83. The van der Waals surface area contributed by atoms with Crippen molar-refractivity contribution < 1.29 is 9.53 Å². The standard InChI is InChI=1S/C13H17Cl2NO2/c1-3-8-16-12(13(17)18-4-2)9-6-5-7-10(14)11(9)15/h5-7,12,16H,3-4,8H2,1-2H3. The second kappa shape index (κ2) is 7.62. The van der Waals surface area contributed by atoms with E-state index < -0.39 is 6.04 Å². The van der Waals surface area contributed by atoms with Crippen LogP contribution in [0.3, 0.4) is 0 Å². The largest absolute Gasteiger partial charge is 0.465 e. The molecule has 0 bridgehead atoms. The summed E-state index contributed by atoms with van der Waals surface area (Å²) in [5.41, 5.74) is 0.649. The topological polar surface area (TPSA) is 38.3 Å². The summed E-state index contributed by atoms with van der Waals surface area (Å²) in [5.74, 6) is -0.338. The van der Waals surface area contributed by atoms with Crippen LogP contribution in [0.25, 0.3) is 0 Å². The van der Waals surface area contributed by atoms with Crippen molar-refractivity contribution >= 4 is 29.2 Å². The van der Waals surface area contributed by atoms with E-state index in [-0.39, 0.29) is 5.97 Å². The lowest BCUT2D eigenvalue weighted by molar-refractivity contribution is -0.145. The van der Waals surface area contributed by atoms with Crippen LogP contribution >= 0.6 is 23.2 Å². The van der Waals surface area contributed by atoms with Crippen LogP contribution in [-0.2, 0) is 9.53 Å². The van der Waals surface area contributed by atoms with Gasteiger partial charge in [-0.3, -0.25) is 0 Å². The third kappa shape index (κ3) is 3.87. The quantitative estimate of drug-likeness (QED) is 0.814. The molecule has 0 radical (unpaired) electrons. The molecule has 18 heavy (non-hydrogen) atoms. The molecule has 1 aromatic rings. The first-order valence-electron chi connectivity index (χ1n) is 5.95. The summed E-state index contributed by atoms with van der Waals surface area (Å²) in [6.07, 6.45) is 0.911. The van der Waals surface area contributed by atoms with Crippen LogP contribution in [0.4, 0.5) is 0 Å². The maximum Gasteiger partial charge on any atom is 0.327 e. The van der Waals surface area contributed by atoms with Gasteiger partial charge in [-0.2, -0.15) is 0 Å². The van der Waals surface area contributed by atoms with Crippen LogP contribution in [0.5, 0.6) is 0 Å². The minimum absolute atomic E-state index is 0.335. The number of carbonyl (C=O) groups is 1. The Kier molecular flexibility index (Phi) is 6.47. The number of halogens is 2. The van der Waals surface area contributed by atoms with Crippen molar-refractivity contribution in [1.29, 1.82) is 0 Å². The monoisotopic (exact) mass is 289 g/mol. The van der Waals surface area contributed by atoms with E-state index in [2.05, 4.69) is 5.32 Å². The van der Waals surface area contributed by atoms with Gasteiger partial charge in [-0.1, -0.05) is 42.3 Å². The van der Waals surface area contributed by atoms with Crippen molar-refractivity contribution in [2.75, 3.05) is 13.2 Å². The van der Waals surface area contributed by atoms with Crippen molar-refractivity contribution in [3.05, 3.63) is 33.8 Å². The zero-order valence-corrected chi connectivity index (χ0v) is 12.0. The third-order valence-corrected chi connectivity index (χ3v) is 3.25. The Labute approximate surface area is 117 Å². The molecule has 5 heteroatoms. The van der Waals surface area contributed by atoms with Gasteiger partial charge >= 0.3 is 5.97 Å². The molecule has 1 aromatic carbocycles. The molecule has 0 aliphatic rings. The second-order valence-corrected chi connectivity index (χ2v) is 4.57. The van der Waals surface area contributed by atoms with Crippen LogP contribution in [-0.4, -0.2) is 19.1 Å². The van der Waals surface area contributed by atoms with Crippen LogP contribution in [0.1, 0.15) is 31.9 Å². The van der Waals surface area contributed by atoms with E-state index in [9.17, 15) is 4.79 Å². The number of hydrogen-bond acceptors (Lipinski definition) is 3. The van der Waals surface area contributed by atoms with Crippen molar-refractivity contribution in [1.82, 2.24) is 5.32 Å². The highest BCUT2D eigenvalue weighted by Gasteiger charge is 2.24. The molecule has 1 rings (SSSR count). The molecule has 1 unspecified atom stereocenters. The van der Waals surface area contributed by atoms with Gasteiger partial charge in [0.25, 0.3) is 0 Å². The average Bonchev–Trinajstić information content (AvgIpc) is 2.35.